The number of nitrogens with zero attached hydrogens (tertiary/aromatic N) is 5. The third kappa shape index (κ3) is 4.28. The van der Waals surface area contributed by atoms with Crippen molar-refractivity contribution < 1.29 is 14.3 Å². The van der Waals surface area contributed by atoms with Crippen molar-refractivity contribution in [2.45, 2.75) is 12.1 Å². The van der Waals surface area contributed by atoms with Crippen molar-refractivity contribution in [3.63, 3.8) is 0 Å². The number of rotatable bonds is 4. The van der Waals surface area contributed by atoms with Gasteiger partial charge < -0.3 is 15.4 Å². The molecule has 0 radical (unpaired) electrons. The maximum Gasteiger partial charge on any atom is 0.410 e. The molecule has 0 aliphatic carbocycles. The molecule has 1 saturated heterocycles. The summed E-state index contributed by atoms with van der Waals surface area (Å²) < 4.78 is 5.54. The largest absolute Gasteiger partial charge is 0.445 e. The summed E-state index contributed by atoms with van der Waals surface area (Å²) in [6.45, 7) is 0.392. The molecular weight excluding hydrogens is 488 g/mol. The van der Waals surface area contributed by atoms with Gasteiger partial charge in [0.25, 0.3) is 0 Å². The zero-order valence-electron chi connectivity index (χ0n) is 19.9. The van der Waals surface area contributed by atoms with Gasteiger partial charge in [0.15, 0.2) is 5.96 Å². The Kier molecular flexibility index (Phi) is 6.12. The topological polar surface area (TPSA) is 136 Å². The predicted molar refractivity (Wildman–Crippen MR) is 137 cm³/mol. The van der Waals surface area contributed by atoms with Gasteiger partial charge in [-0.25, -0.2) is 9.79 Å². The van der Waals surface area contributed by atoms with Crippen molar-refractivity contribution in [1.82, 2.24) is 9.80 Å². The second-order valence-electron chi connectivity index (χ2n) is 8.95. The minimum absolute atomic E-state index is 0.0777. The molecule has 5 rings (SSSR count). The Morgan fingerprint density at radius 2 is 1.86 bits per heavy atom. The number of guanidine groups is 1. The van der Waals surface area contributed by atoms with Gasteiger partial charge in [-0.3, -0.25) is 9.69 Å². The third-order valence-electron chi connectivity index (χ3n) is 6.67. The minimum atomic E-state index is -1.06. The van der Waals surface area contributed by atoms with Gasteiger partial charge in [0.2, 0.25) is 5.91 Å². The maximum absolute atomic E-state index is 13.3. The molecule has 2 aliphatic heterocycles. The number of nitrogens with two attached hydrogens (primary N) is 1. The number of fused-ring (bicyclic) bond motifs is 1. The van der Waals surface area contributed by atoms with Crippen LogP contribution in [0.25, 0.3) is 10.4 Å². The highest BCUT2D eigenvalue weighted by atomic mass is 32.1. The highest BCUT2D eigenvalue weighted by molar-refractivity contribution is 7.15. The lowest BCUT2D eigenvalue weighted by molar-refractivity contribution is -0.132. The zero-order valence-corrected chi connectivity index (χ0v) is 20.7. The zero-order chi connectivity index (χ0) is 26.2. The highest BCUT2D eigenvalue weighted by Crippen LogP contribution is 2.47. The van der Waals surface area contributed by atoms with Gasteiger partial charge in [0, 0.05) is 23.3 Å². The van der Waals surface area contributed by atoms with Crippen molar-refractivity contribution in [3.8, 4) is 22.6 Å². The van der Waals surface area contributed by atoms with E-state index in [0.717, 1.165) is 15.3 Å². The van der Waals surface area contributed by atoms with Crippen molar-refractivity contribution >= 4 is 29.3 Å². The normalized spacial score (nSPS) is 20.6. The van der Waals surface area contributed by atoms with Crippen LogP contribution in [0.4, 0.5) is 4.79 Å². The molecule has 3 aromatic rings. The number of carbonyl (C=O) groups is 2. The van der Waals surface area contributed by atoms with E-state index < -0.39 is 17.6 Å². The molecule has 184 valence electrons. The SMILES string of the molecule is CN1C(=O)C2CN(C(=O)OCc3ccccc3)CC2(c2ccc(-c3cc(C#N)cc(C#N)c3)s2)N=C1N. The van der Waals surface area contributed by atoms with E-state index in [1.165, 1.54) is 27.2 Å². The van der Waals surface area contributed by atoms with Gasteiger partial charge in [-0.2, -0.15) is 10.5 Å². The van der Waals surface area contributed by atoms with Crippen LogP contribution in [0.2, 0.25) is 0 Å². The number of ether oxygens (including phenoxy) is 1. The second kappa shape index (κ2) is 9.41. The van der Waals surface area contributed by atoms with Crippen LogP contribution in [0.5, 0.6) is 0 Å². The van der Waals surface area contributed by atoms with E-state index in [0.29, 0.717) is 16.7 Å². The molecule has 10 heteroatoms. The molecule has 2 N–H and O–H groups in total. The molecule has 1 aromatic heterocycles. The molecule has 3 heterocycles. The Morgan fingerprint density at radius 3 is 2.54 bits per heavy atom. The number of amides is 2. The first-order chi connectivity index (χ1) is 17.8. The van der Waals surface area contributed by atoms with E-state index in [9.17, 15) is 20.1 Å². The average Bonchev–Trinajstić information content (AvgIpc) is 3.57. The van der Waals surface area contributed by atoms with Crippen LogP contribution in [0.1, 0.15) is 21.6 Å². The fraction of sp³-hybridized carbons (Fsp3) is 0.222. The van der Waals surface area contributed by atoms with Crippen LogP contribution in [0.15, 0.2) is 65.7 Å². The summed E-state index contributed by atoms with van der Waals surface area (Å²) in [7, 11) is 1.57. The van der Waals surface area contributed by atoms with Crippen molar-refractivity contribution in [1.29, 1.82) is 10.5 Å². The maximum atomic E-state index is 13.3. The number of benzene rings is 2. The van der Waals surface area contributed by atoms with Crippen molar-refractivity contribution in [2.75, 3.05) is 20.1 Å². The lowest BCUT2D eigenvalue weighted by atomic mass is 9.84. The fourth-order valence-corrected chi connectivity index (χ4v) is 5.91. The van der Waals surface area contributed by atoms with Crippen LogP contribution < -0.4 is 5.73 Å². The smallest absolute Gasteiger partial charge is 0.410 e. The second-order valence-corrected chi connectivity index (χ2v) is 10.0. The third-order valence-corrected chi connectivity index (χ3v) is 7.97. The van der Waals surface area contributed by atoms with Gasteiger partial charge in [0.1, 0.15) is 12.1 Å². The molecule has 0 saturated carbocycles. The quantitative estimate of drug-likeness (QED) is 0.571. The minimum Gasteiger partial charge on any atom is -0.445 e. The van der Waals surface area contributed by atoms with Crippen molar-refractivity contribution in [3.05, 3.63) is 82.2 Å². The summed E-state index contributed by atoms with van der Waals surface area (Å²) >= 11 is 1.40. The molecule has 0 bridgehead atoms. The Bertz CT molecular complexity index is 1470. The Balaban J connectivity index is 1.48. The summed E-state index contributed by atoms with van der Waals surface area (Å²) in [6, 6.07) is 22.2. The number of aliphatic imine (C=N–C) groups is 1. The Labute approximate surface area is 217 Å². The lowest BCUT2D eigenvalue weighted by Crippen LogP contribution is -2.54. The summed E-state index contributed by atoms with van der Waals surface area (Å²) in [6.07, 6.45) is -0.529. The molecule has 2 aromatic carbocycles. The van der Waals surface area contributed by atoms with Gasteiger partial charge in [-0.05, 0) is 41.5 Å². The highest BCUT2D eigenvalue weighted by Gasteiger charge is 2.57. The number of likely N-dealkylation sites (tertiary alicyclic amines) is 1. The van der Waals surface area contributed by atoms with Crippen LogP contribution in [0, 0.1) is 28.6 Å². The fourth-order valence-electron chi connectivity index (χ4n) is 4.74. The summed E-state index contributed by atoms with van der Waals surface area (Å²) in [5.41, 5.74) is 7.42. The summed E-state index contributed by atoms with van der Waals surface area (Å²) in [4.78, 5) is 35.5. The number of nitriles is 2. The van der Waals surface area contributed by atoms with Crippen molar-refractivity contribution in [2.24, 2.45) is 16.6 Å². The molecule has 9 nitrogen and oxygen atoms in total. The molecule has 37 heavy (non-hydrogen) atoms. The van der Waals surface area contributed by atoms with E-state index in [-0.39, 0.29) is 31.6 Å². The molecule has 2 atom stereocenters. The number of hydrogen-bond donors (Lipinski definition) is 1. The van der Waals surface area contributed by atoms with Gasteiger partial charge in [-0.15, -0.1) is 11.3 Å². The Hall–Kier alpha value is -4.67. The Morgan fingerprint density at radius 1 is 1.16 bits per heavy atom. The number of carbonyl (C=O) groups excluding carboxylic acids is 2. The van der Waals surface area contributed by atoms with Gasteiger partial charge in [-0.1, -0.05) is 30.3 Å². The monoisotopic (exact) mass is 510 g/mol. The standard InChI is InChI=1S/C27H22N6O3S/c1-32-24(34)21-14-33(26(35)36-15-17-5-3-2-4-6-17)16-27(21,31-25(32)30)23-8-7-22(37-23)20-10-18(12-28)9-19(11-20)13-29/h2-11,21H,14-16H2,1H3,(H2,30,31). The molecular formula is C27H22N6O3S. The van der Waals surface area contributed by atoms with Gasteiger partial charge in [0.05, 0.1) is 35.7 Å². The number of hydrogen-bond acceptors (Lipinski definition) is 8. The molecule has 1 fully saturated rings. The molecule has 0 spiro atoms. The van der Waals surface area contributed by atoms with Crippen LogP contribution in [0.3, 0.4) is 0 Å². The molecule has 2 amide bonds. The van der Waals surface area contributed by atoms with Crippen LogP contribution >= 0.6 is 11.3 Å². The van der Waals surface area contributed by atoms with Crippen LogP contribution in [-0.4, -0.2) is 47.9 Å². The van der Waals surface area contributed by atoms with E-state index >= 15 is 0 Å². The predicted octanol–water partition coefficient (Wildman–Crippen LogP) is 3.41. The first-order valence-corrected chi connectivity index (χ1v) is 12.3. The first kappa shape index (κ1) is 24.0. The number of thiophene rings is 1. The summed E-state index contributed by atoms with van der Waals surface area (Å²) in [5, 5.41) is 18.7. The van der Waals surface area contributed by atoms with E-state index in [1.54, 1.807) is 19.2 Å². The van der Waals surface area contributed by atoms with E-state index in [2.05, 4.69) is 12.1 Å². The molecule has 2 unspecified atom stereocenters. The van der Waals surface area contributed by atoms with E-state index in [1.807, 2.05) is 42.5 Å². The van der Waals surface area contributed by atoms with Crippen LogP contribution in [-0.2, 0) is 21.7 Å². The average molecular weight is 511 g/mol. The molecule has 2 aliphatic rings. The van der Waals surface area contributed by atoms with E-state index in [4.69, 9.17) is 15.5 Å². The summed E-state index contributed by atoms with van der Waals surface area (Å²) in [5.74, 6) is -0.784. The van der Waals surface area contributed by atoms with Gasteiger partial charge >= 0.3 is 6.09 Å². The lowest BCUT2D eigenvalue weighted by Gasteiger charge is -2.36. The first-order valence-electron chi connectivity index (χ1n) is 11.5.